The van der Waals surface area contributed by atoms with Gasteiger partial charge in [0, 0.05) is 18.1 Å². The van der Waals surface area contributed by atoms with Gasteiger partial charge < -0.3 is 15.4 Å². The van der Waals surface area contributed by atoms with Gasteiger partial charge in [-0.2, -0.15) is 0 Å². The second kappa shape index (κ2) is 26.5. The van der Waals surface area contributed by atoms with Crippen LogP contribution in [0.1, 0.15) is 173 Å². The lowest BCUT2D eigenvalue weighted by Crippen LogP contribution is -2.34. The molecule has 3 rings (SSSR count). The summed E-state index contributed by atoms with van der Waals surface area (Å²) < 4.78 is 5.77. The fourth-order valence-electron chi connectivity index (χ4n) is 5.47. The summed E-state index contributed by atoms with van der Waals surface area (Å²) in [6.45, 7) is 14.4. The molecule has 0 amide bonds. The summed E-state index contributed by atoms with van der Waals surface area (Å²) in [5, 5.41) is 7.14. The first-order chi connectivity index (χ1) is 15.9. The molecule has 3 saturated carbocycles. The normalized spacial score (nSPS) is 19.9. The predicted octanol–water partition coefficient (Wildman–Crippen LogP) is 10.3. The third-order valence-corrected chi connectivity index (χ3v) is 7.23. The standard InChI is InChI=1S/2C10H21N.C10H20O.3CH4/c1-9(2)11-8-10-6-4-3-5-7-10;2*1-9(2)11-10-7-5-3-4-6-8-10;;;/h2*9-11H,3-8H2,1-2H3;9-10H,3-8H2,1-2H3;3*1H4. The maximum Gasteiger partial charge on any atom is 0.0578 e. The van der Waals surface area contributed by atoms with Crippen LogP contribution in [0.2, 0.25) is 0 Å². The average Bonchev–Trinajstić information content (AvgIpc) is 3.18. The molecule has 0 aromatic carbocycles. The molecule has 0 aromatic heterocycles. The third-order valence-electron chi connectivity index (χ3n) is 7.23. The Labute approximate surface area is 231 Å². The van der Waals surface area contributed by atoms with Crippen molar-refractivity contribution in [3.05, 3.63) is 0 Å². The molecule has 0 bridgehead atoms. The molecule has 0 heterocycles. The monoisotopic (exact) mass is 515 g/mol. The second-order valence-electron chi connectivity index (χ2n) is 11.9. The van der Waals surface area contributed by atoms with Gasteiger partial charge in [-0.1, -0.05) is 121 Å². The predicted molar refractivity (Wildman–Crippen MR) is 167 cm³/mol. The van der Waals surface area contributed by atoms with Crippen molar-refractivity contribution in [2.45, 2.75) is 203 Å². The molecule has 3 aliphatic rings. The summed E-state index contributed by atoms with van der Waals surface area (Å²) in [6, 6.07) is 2.15. The van der Waals surface area contributed by atoms with E-state index in [1.54, 1.807) is 0 Å². The molecule has 3 heteroatoms. The van der Waals surface area contributed by atoms with E-state index in [1.165, 1.54) is 116 Å². The zero-order valence-corrected chi connectivity index (χ0v) is 23.6. The Morgan fingerprint density at radius 1 is 0.556 bits per heavy atom. The molecule has 0 saturated heterocycles. The first-order valence-electron chi connectivity index (χ1n) is 15.0. The van der Waals surface area contributed by atoms with Gasteiger partial charge in [-0.15, -0.1) is 0 Å². The highest BCUT2D eigenvalue weighted by molar-refractivity contribution is 4.72. The summed E-state index contributed by atoms with van der Waals surface area (Å²) in [7, 11) is 0. The molecule has 36 heavy (non-hydrogen) atoms. The van der Waals surface area contributed by atoms with Crippen molar-refractivity contribution in [2.24, 2.45) is 5.92 Å². The largest absolute Gasteiger partial charge is 0.376 e. The molecule has 3 fully saturated rings. The summed E-state index contributed by atoms with van der Waals surface area (Å²) in [6.07, 6.45) is 25.0. The van der Waals surface area contributed by atoms with E-state index in [0.717, 1.165) is 12.0 Å². The minimum atomic E-state index is 0. The molecule has 0 unspecified atom stereocenters. The van der Waals surface area contributed by atoms with Crippen LogP contribution in [0.4, 0.5) is 0 Å². The minimum absolute atomic E-state index is 0. The quantitative estimate of drug-likeness (QED) is 0.331. The van der Waals surface area contributed by atoms with E-state index in [0.29, 0.717) is 24.3 Å². The molecule has 0 atom stereocenters. The van der Waals surface area contributed by atoms with E-state index in [1.807, 2.05) is 0 Å². The minimum Gasteiger partial charge on any atom is -0.376 e. The highest BCUT2D eigenvalue weighted by atomic mass is 16.5. The van der Waals surface area contributed by atoms with Gasteiger partial charge in [0.2, 0.25) is 0 Å². The second-order valence-corrected chi connectivity index (χ2v) is 11.9. The van der Waals surface area contributed by atoms with Crippen LogP contribution in [-0.4, -0.2) is 36.9 Å². The fraction of sp³-hybridized carbons (Fsp3) is 1.00. The Balaban J connectivity index is -0.000000436. The highest BCUT2D eigenvalue weighted by Crippen LogP contribution is 2.23. The van der Waals surface area contributed by atoms with Crippen molar-refractivity contribution >= 4 is 0 Å². The number of hydrogen-bond donors (Lipinski definition) is 2. The average molecular weight is 515 g/mol. The number of nitrogens with one attached hydrogen (secondary N) is 2. The van der Waals surface area contributed by atoms with Gasteiger partial charge in [-0.3, -0.25) is 0 Å². The molecule has 3 nitrogen and oxygen atoms in total. The van der Waals surface area contributed by atoms with Gasteiger partial charge in [0.05, 0.1) is 12.2 Å². The number of hydrogen-bond acceptors (Lipinski definition) is 3. The van der Waals surface area contributed by atoms with Gasteiger partial charge in [-0.05, 0) is 64.8 Å². The van der Waals surface area contributed by atoms with Gasteiger partial charge >= 0.3 is 0 Å². The lowest BCUT2D eigenvalue weighted by Gasteiger charge is -2.22. The maximum absolute atomic E-state index is 5.77. The molecule has 0 aromatic rings. The van der Waals surface area contributed by atoms with E-state index < -0.39 is 0 Å². The Hall–Kier alpha value is -0.120. The van der Waals surface area contributed by atoms with Crippen molar-refractivity contribution in [3.8, 4) is 0 Å². The Morgan fingerprint density at radius 2 is 0.972 bits per heavy atom. The molecule has 2 N–H and O–H groups in total. The summed E-state index contributed by atoms with van der Waals surface area (Å²) in [5.74, 6) is 0.978. The molecular weight excluding hydrogens is 440 g/mol. The Morgan fingerprint density at radius 3 is 1.39 bits per heavy atom. The van der Waals surface area contributed by atoms with Crippen LogP contribution >= 0.6 is 0 Å². The van der Waals surface area contributed by atoms with Crippen LogP contribution in [0.3, 0.4) is 0 Å². The molecule has 0 spiro atoms. The van der Waals surface area contributed by atoms with Crippen LogP contribution in [0.15, 0.2) is 0 Å². The van der Waals surface area contributed by atoms with Gasteiger partial charge in [0.15, 0.2) is 0 Å². The van der Waals surface area contributed by atoms with Gasteiger partial charge in [-0.25, -0.2) is 0 Å². The lowest BCUT2D eigenvalue weighted by atomic mass is 9.89. The molecule has 0 aliphatic heterocycles. The highest BCUT2D eigenvalue weighted by Gasteiger charge is 2.14. The molecule has 0 radical (unpaired) electrons. The van der Waals surface area contributed by atoms with Crippen LogP contribution in [0.25, 0.3) is 0 Å². The van der Waals surface area contributed by atoms with Crippen LogP contribution in [0, 0.1) is 5.92 Å². The van der Waals surface area contributed by atoms with Crippen LogP contribution in [0.5, 0.6) is 0 Å². The third kappa shape index (κ3) is 24.2. The molecular formula is C33H74N2O. The molecule has 222 valence electrons. The Bertz CT molecular complexity index is 376. The van der Waals surface area contributed by atoms with Crippen LogP contribution < -0.4 is 10.6 Å². The number of ether oxygens (including phenoxy) is 1. The topological polar surface area (TPSA) is 33.3 Å². The smallest absolute Gasteiger partial charge is 0.0578 e. The fourth-order valence-corrected chi connectivity index (χ4v) is 5.47. The first-order valence-corrected chi connectivity index (χ1v) is 15.0. The lowest BCUT2D eigenvalue weighted by molar-refractivity contribution is 0.0000227. The SMILES string of the molecule is C.C.C.CC(C)NC1CCCCCC1.CC(C)NCC1CCCCC1.CC(C)OC1CCCCCC1. The van der Waals surface area contributed by atoms with Gasteiger partial charge in [0.25, 0.3) is 0 Å². The van der Waals surface area contributed by atoms with Crippen LogP contribution in [-0.2, 0) is 4.74 Å². The van der Waals surface area contributed by atoms with Crippen molar-refractivity contribution < 1.29 is 4.74 Å². The molecule has 3 aliphatic carbocycles. The van der Waals surface area contributed by atoms with E-state index >= 15 is 0 Å². The van der Waals surface area contributed by atoms with Crippen molar-refractivity contribution in [1.82, 2.24) is 10.6 Å². The van der Waals surface area contributed by atoms with E-state index in [4.69, 9.17) is 4.74 Å². The van der Waals surface area contributed by atoms with Crippen molar-refractivity contribution in [3.63, 3.8) is 0 Å². The van der Waals surface area contributed by atoms with E-state index in [-0.39, 0.29) is 22.3 Å². The van der Waals surface area contributed by atoms with E-state index in [2.05, 4.69) is 52.2 Å². The van der Waals surface area contributed by atoms with Gasteiger partial charge in [0.1, 0.15) is 0 Å². The summed E-state index contributed by atoms with van der Waals surface area (Å²) in [5.41, 5.74) is 0. The summed E-state index contributed by atoms with van der Waals surface area (Å²) in [4.78, 5) is 0. The maximum atomic E-state index is 5.77. The van der Waals surface area contributed by atoms with Crippen molar-refractivity contribution in [1.29, 1.82) is 0 Å². The Kier molecular flexibility index (Phi) is 29.7. The summed E-state index contributed by atoms with van der Waals surface area (Å²) >= 11 is 0. The first kappa shape index (κ1) is 40.4. The van der Waals surface area contributed by atoms with Crippen molar-refractivity contribution in [2.75, 3.05) is 6.54 Å². The van der Waals surface area contributed by atoms with E-state index in [9.17, 15) is 0 Å². The number of rotatable bonds is 7. The zero-order chi connectivity index (χ0) is 24.3. The zero-order valence-electron chi connectivity index (χ0n) is 23.6.